The maximum atomic E-state index is 14.0. The van der Waals surface area contributed by atoms with Crippen molar-refractivity contribution in [3.05, 3.63) is 92.4 Å². The van der Waals surface area contributed by atoms with Crippen molar-refractivity contribution < 1.29 is 19.5 Å². The molecule has 1 aromatic heterocycles. The minimum atomic E-state index is -0.351. The van der Waals surface area contributed by atoms with Crippen LogP contribution >= 0.6 is 11.3 Å². The lowest BCUT2D eigenvalue weighted by atomic mass is 9.94. The molecule has 6 rings (SSSR count). The molecule has 3 aliphatic heterocycles. The predicted molar refractivity (Wildman–Crippen MR) is 206 cm³/mol. The van der Waals surface area contributed by atoms with E-state index in [1.54, 1.807) is 33.1 Å². The van der Waals surface area contributed by atoms with Crippen molar-refractivity contribution in [2.24, 2.45) is 10.9 Å². The molecule has 3 atom stereocenters. The number of aliphatic hydroxyl groups is 1. The lowest BCUT2D eigenvalue weighted by Crippen LogP contribution is -2.54. The monoisotopic (exact) mass is 709 g/mol. The zero-order valence-electron chi connectivity index (χ0n) is 31.2. The quantitative estimate of drug-likeness (QED) is 0.362. The second kappa shape index (κ2) is 14.5. The summed E-state index contributed by atoms with van der Waals surface area (Å²) in [6.45, 7) is 12.3. The molecule has 1 fully saturated rings. The minimum Gasteiger partial charge on any atom is -0.392 e. The second-order valence-corrected chi connectivity index (χ2v) is 16.3. The number of aliphatic hydroxyl groups excluding tert-OH is 1. The van der Waals surface area contributed by atoms with E-state index >= 15 is 0 Å². The SMILES string of the molecule is CCC1C=C(C2C(=O)N(C)CCN2C)C=CC(=NC2=CC(c3cccc(N4Cc5cc(C(C)(C)C)sc5C4=O)c3CO)=CC(CC)N(C)C2=O)C1. The highest BCUT2D eigenvalue weighted by atomic mass is 32.1. The summed E-state index contributed by atoms with van der Waals surface area (Å²) in [4.78, 5) is 55.4. The lowest BCUT2D eigenvalue weighted by molar-refractivity contribution is -0.137. The van der Waals surface area contributed by atoms with Gasteiger partial charge < -0.3 is 19.8 Å². The number of piperazine rings is 1. The summed E-state index contributed by atoms with van der Waals surface area (Å²) in [5, 5.41) is 10.9. The Bertz CT molecular complexity index is 1890. The molecule has 1 N–H and O–H groups in total. The van der Waals surface area contributed by atoms with Gasteiger partial charge in [0.05, 0.1) is 29.8 Å². The summed E-state index contributed by atoms with van der Waals surface area (Å²) >= 11 is 1.55. The van der Waals surface area contributed by atoms with Crippen molar-refractivity contribution in [1.29, 1.82) is 0 Å². The summed E-state index contributed by atoms with van der Waals surface area (Å²) in [6, 6.07) is 7.35. The van der Waals surface area contributed by atoms with Crippen molar-refractivity contribution in [2.75, 3.05) is 39.1 Å². The van der Waals surface area contributed by atoms with E-state index < -0.39 is 0 Å². The Kier molecular flexibility index (Phi) is 10.4. The van der Waals surface area contributed by atoms with Crippen LogP contribution in [0.5, 0.6) is 0 Å². The standard InChI is InChI=1S/C41H51N5O4S/c1-9-25-18-26(36-39(49)44(7)17-16-43(36)6)14-15-29(19-25)42-33-21-27(20-30(10-2)45(8)38(33)48)31-12-11-13-34(32(31)24-47)46-23-28-22-35(41(3,4)5)51-37(28)40(46)50/h11-15,18,20-22,25,30,36,47H,9-10,16-17,19,23-24H2,1-8H3. The number of rotatable bonds is 7. The summed E-state index contributed by atoms with van der Waals surface area (Å²) in [5.74, 6) is 0.000849. The first-order valence-corrected chi connectivity index (χ1v) is 18.9. The van der Waals surface area contributed by atoms with Gasteiger partial charge in [-0.1, -0.05) is 65.0 Å². The number of allylic oxidation sites excluding steroid dienone is 4. The van der Waals surface area contributed by atoms with E-state index in [1.165, 1.54) is 4.88 Å². The highest BCUT2D eigenvalue weighted by molar-refractivity contribution is 7.14. The van der Waals surface area contributed by atoms with Crippen LogP contribution in [-0.4, -0.2) is 89.6 Å². The Morgan fingerprint density at radius 3 is 2.41 bits per heavy atom. The summed E-state index contributed by atoms with van der Waals surface area (Å²) in [6.07, 6.45) is 12.3. The average molecular weight is 710 g/mol. The van der Waals surface area contributed by atoms with Gasteiger partial charge in [0.1, 0.15) is 11.7 Å². The smallest absolute Gasteiger partial charge is 0.272 e. The van der Waals surface area contributed by atoms with Crippen LogP contribution in [0.1, 0.15) is 85.1 Å². The fraction of sp³-hybridized carbons (Fsp3) is 0.463. The number of carbonyl (C=O) groups excluding carboxylic acids is 3. The first kappa shape index (κ1) is 36.7. The number of hydrogen-bond acceptors (Lipinski definition) is 7. The molecule has 3 amide bonds. The molecule has 270 valence electrons. The van der Waals surface area contributed by atoms with E-state index in [9.17, 15) is 19.5 Å². The van der Waals surface area contributed by atoms with E-state index in [0.29, 0.717) is 42.9 Å². The maximum absolute atomic E-state index is 14.0. The molecule has 0 saturated carbocycles. The number of likely N-dealkylation sites (N-methyl/N-ethyl adjacent to an activating group) is 3. The molecule has 2 aromatic rings. The molecule has 9 nitrogen and oxygen atoms in total. The highest BCUT2D eigenvalue weighted by Crippen LogP contribution is 2.41. The number of anilines is 1. The van der Waals surface area contributed by atoms with Crippen LogP contribution in [0.2, 0.25) is 0 Å². The van der Waals surface area contributed by atoms with Gasteiger partial charge in [-0.05, 0) is 84.2 Å². The Hall–Kier alpha value is -4.12. The molecular formula is C41H51N5O4S. The Morgan fingerprint density at radius 1 is 0.980 bits per heavy atom. The van der Waals surface area contributed by atoms with Gasteiger partial charge in [0, 0.05) is 43.3 Å². The van der Waals surface area contributed by atoms with Gasteiger partial charge in [-0.3, -0.25) is 19.3 Å². The van der Waals surface area contributed by atoms with Gasteiger partial charge >= 0.3 is 0 Å². The van der Waals surface area contributed by atoms with Gasteiger partial charge in [0.2, 0.25) is 5.91 Å². The van der Waals surface area contributed by atoms with Gasteiger partial charge in [0.15, 0.2) is 0 Å². The molecule has 0 bridgehead atoms. The van der Waals surface area contributed by atoms with E-state index in [0.717, 1.165) is 45.8 Å². The molecule has 1 aromatic carbocycles. The van der Waals surface area contributed by atoms with E-state index in [4.69, 9.17) is 4.99 Å². The van der Waals surface area contributed by atoms with Gasteiger partial charge in [-0.25, -0.2) is 4.99 Å². The number of hydrogen-bond donors (Lipinski definition) is 1. The molecule has 1 saturated heterocycles. The molecule has 3 unspecified atom stereocenters. The van der Waals surface area contributed by atoms with Crippen LogP contribution in [0, 0.1) is 5.92 Å². The fourth-order valence-corrected chi connectivity index (χ4v) is 8.59. The van der Waals surface area contributed by atoms with E-state index in [-0.39, 0.29) is 47.7 Å². The third-order valence-electron chi connectivity index (χ3n) is 10.7. The number of aliphatic imine (C=N–C) groups is 1. The van der Waals surface area contributed by atoms with Crippen LogP contribution < -0.4 is 4.90 Å². The molecule has 51 heavy (non-hydrogen) atoms. The molecule has 0 radical (unpaired) electrons. The van der Waals surface area contributed by atoms with Crippen molar-refractivity contribution in [2.45, 2.75) is 84.5 Å². The summed E-state index contributed by atoms with van der Waals surface area (Å²) in [7, 11) is 5.65. The number of benzene rings is 1. The third-order valence-corrected chi connectivity index (χ3v) is 12.2. The lowest BCUT2D eigenvalue weighted by Gasteiger charge is -2.37. The molecule has 1 aliphatic carbocycles. The summed E-state index contributed by atoms with van der Waals surface area (Å²) < 4.78 is 0. The topological polar surface area (TPSA) is 96.8 Å². The Labute approximate surface area is 306 Å². The van der Waals surface area contributed by atoms with Gasteiger partial charge in [-0.2, -0.15) is 0 Å². The first-order chi connectivity index (χ1) is 24.2. The zero-order chi connectivity index (χ0) is 36.8. The van der Waals surface area contributed by atoms with Gasteiger partial charge in [0.25, 0.3) is 11.8 Å². The predicted octanol–water partition coefficient (Wildman–Crippen LogP) is 6.34. The number of carbonyl (C=O) groups is 3. The Balaban J connectivity index is 1.37. The number of amides is 3. The average Bonchev–Trinajstić information content (AvgIpc) is 3.56. The molecule has 0 spiro atoms. The number of fused-ring (bicyclic) bond motifs is 1. The second-order valence-electron chi connectivity index (χ2n) is 15.2. The largest absolute Gasteiger partial charge is 0.392 e. The van der Waals surface area contributed by atoms with Crippen molar-refractivity contribution >= 4 is 46.0 Å². The van der Waals surface area contributed by atoms with Crippen LogP contribution in [-0.2, 0) is 28.2 Å². The van der Waals surface area contributed by atoms with Crippen LogP contribution in [0.4, 0.5) is 5.69 Å². The van der Waals surface area contributed by atoms with Crippen LogP contribution in [0.3, 0.4) is 0 Å². The van der Waals surface area contributed by atoms with Gasteiger partial charge in [-0.15, -0.1) is 11.3 Å². The van der Waals surface area contributed by atoms with Crippen LogP contribution in [0.15, 0.2) is 70.9 Å². The normalized spacial score (nSPS) is 24.1. The highest BCUT2D eigenvalue weighted by Gasteiger charge is 2.36. The molecule has 4 heterocycles. The summed E-state index contributed by atoms with van der Waals surface area (Å²) in [5.41, 5.74) is 5.87. The maximum Gasteiger partial charge on any atom is 0.272 e. The van der Waals surface area contributed by atoms with Crippen molar-refractivity contribution in [3.63, 3.8) is 0 Å². The third kappa shape index (κ3) is 7.06. The number of nitrogens with zero attached hydrogens (tertiary/aromatic N) is 5. The number of thiophene rings is 1. The molecule has 4 aliphatic rings. The minimum absolute atomic E-state index is 0.0407. The Morgan fingerprint density at radius 2 is 1.75 bits per heavy atom. The van der Waals surface area contributed by atoms with E-state index in [1.807, 2.05) is 57.4 Å². The van der Waals surface area contributed by atoms with Crippen molar-refractivity contribution in [3.8, 4) is 0 Å². The first-order valence-electron chi connectivity index (χ1n) is 18.1. The van der Waals surface area contributed by atoms with Crippen molar-refractivity contribution in [1.82, 2.24) is 14.7 Å². The van der Waals surface area contributed by atoms with E-state index in [2.05, 4.69) is 50.8 Å². The molecular weight excluding hydrogens is 659 g/mol. The van der Waals surface area contributed by atoms with Crippen LogP contribution in [0.25, 0.3) is 5.57 Å². The zero-order valence-corrected chi connectivity index (χ0v) is 32.0. The fourth-order valence-electron chi connectivity index (χ4n) is 7.41. The molecule has 10 heteroatoms.